The van der Waals surface area contributed by atoms with Crippen molar-refractivity contribution in [3.63, 3.8) is 0 Å². The molecule has 0 aromatic heterocycles. The summed E-state index contributed by atoms with van der Waals surface area (Å²) in [6.45, 7) is 2.80. The number of likely N-dealkylation sites (N-methyl/N-ethyl adjacent to an activating group) is 1. The first-order valence-electron chi connectivity index (χ1n) is 7.58. The van der Waals surface area contributed by atoms with E-state index < -0.39 is 0 Å². The molecule has 0 saturated heterocycles. The standard InChI is InChI=1S/C16H23N3O3/c1-3-22-14-7-5-4-6-13(14)18-16(21)11-19(2)10-15(20)17-12-8-9-12/h4-7,12H,3,8-11H2,1-2H3,(H,17,20)(H,18,21). The molecule has 6 heteroatoms. The molecule has 1 aromatic rings. The Hall–Kier alpha value is -2.08. The molecule has 22 heavy (non-hydrogen) atoms. The van der Waals surface area contributed by atoms with Crippen LogP contribution in [-0.2, 0) is 9.59 Å². The smallest absolute Gasteiger partial charge is 0.238 e. The zero-order valence-electron chi connectivity index (χ0n) is 13.1. The van der Waals surface area contributed by atoms with Crippen molar-refractivity contribution < 1.29 is 14.3 Å². The molecular formula is C16H23N3O3. The van der Waals surface area contributed by atoms with Crippen LogP contribution in [0.5, 0.6) is 5.75 Å². The number of carbonyl (C=O) groups excluding carboxylic acids is 2. The van der Waals surface area contributed by atoms with Gasteiger partial charge in [0.1, 0.15) is 5.75 Å². The molecule has 0 unspecified atom stereocenters. The summed E-state index contributed by atoms with van der Waals surface area (Å²) in [6, 6.07) is 7.64. The number of nitrogens with one attached hydrogen (secondary N) is 2. The molecule has 120 valence electrons. The fraction of sp³-hybridized carbons (Fsp3) is 0.500. The van der Waals surface area contributed by atoms with Crippen molar-refractivity contribution in [2.75, 3.05) is 32.1 Å². The number of hydrogen-bond acceptors (Lipinski definition) is 4. The summed E-state index contributed by atoms with van der Waals surface area (Å²) in [5, 5.41) is 5.72. The summed E-state index contributed by atoms with van der Waals surface area (Å²) < 4.78 is 5.47. The number of para-hydroxylation sites is 2. The number of amides is 2. The van der Waals surface area contributed by atoms with Crippen molar-refractivity contribution in [2.24, 2.45) is 0 Å². The van der Waals surface area contributed by atoms with Gasteiger partial charge in [0.05, 0.1) is 25.4 Å². The van der Waals surface area contributed by atoms with Gasteiger partial charge in [-0.3, -0.25) is 14.5 Å². The van der Waals surface area contributed by atoms with E-state index in [9.17, 15) is 9.59 Å². The van der Waals surface area contributed by atoms with Gasteiger partial charge in [-0.25, -0.2) is 0 Å². The van der Waals surface area contributed by atoms with E-state index in [1.54, 1.807) is 18.0 Å². The van der Waals surface area contributed by atoms with E-state index in [-0.39, 0.29) is 24.9 Å². The third-order valence-corrected chi connectivity index (χ3v) is 3.23. The Bertz CT molecular complexity index is 529. The van der Waals surface area contributed by atoms with Gasteiger partial charge in [-0.15, -0.1) is 0 Å². The molecule has 2 N–H and O–H groups in total. The van der Waals surface area contributed by atoms with Crippen LogP contribution in [0.25, 0.3) is 0 Å². The molecule has 1 saturated carbocycles. The maximum absolute atomic E-state index is 12.1. The van der Waals surface area contributed by atoms with Crippen LogP contribution in [0, 0.1) is 0 Å². The Morgan fingerprint density at radius 3 is 2.59 bits per heavy atom. The summed E-state index contributed by atoms with van der Waals surface area (Å²) in [6.07, 6.45) is 2.12. The van der Waals surface area contributed by atoms with Crippen molar-refractivity contribution in [1.29, 1.82) is 0 Å². The second kappa shape index (κ2) is 7.79. The predicted molar refractivity (Wildman–Crippen MR) is 84.9 cm³/mol. The Balaban J connectivity index is 1.80. The Morgan fingerprint density at radius 2 is 1.91 bits per heavy atom. The average Bonchev–Trinajstić information content (AvgIpc) is 3.24. The number of benzene rings is 1. The molecule has 2 rings (SSSR count). The summed E-state index contributed by atoms with van der Waals surface area (Å²) in [7, 11) is 1.75. The fourth-order valence-corrected chi connectivity index (χ4v) is 2.09. The molecule has 0 radical (unpaired) electrons. The summed E-state index contributed by atoms with van der Waals surface area (Å²) in [5.41, 5.74) is 0.644. The van der Waals surface area contributed by atoms with Gasteiger partial charge in [-0.1, -0.05) is 12.1 Å². The first kappa shape index (κ1) is 16.3. The number of carbonyl (C=O) groups is 2. The zero-order valence-corrected chi connectivity index (χ0v) is 13.1. The van der Waals surface area contributed by atoms with Crippen LogP contribution in [0.1, 0.15) is 19.8 Å². The van der Waals surface area contributed by atoms with Crippen molar-refractivity contribution in [3.8, 4) is 5.75 Å². The van der Waals surface area contributed by atoms with E-state index in [1.807, 2.05) is 25.1 Å². The topological polar surface area (TPSA) is 70.7 Å². The number of rotatable bonds is 8. The highest BCUT2D eigenvalue weighted by Gasteiger charge is 2.23. The third-order valence-electron chi connectivity index (χ3n) is 3.23. The normalized spacial score (nSPS) is 13.8. The Morgan fingerprint density at radius 1 is 1.23 bits per heavy atom. The summed E-state index contributed by atoms with van der Waals surface area (Å²) in [5.74, 6) is 0.439. The van der Waals surface area contributed by atoms with Crippen LogP contribution in [0.3, 0.4) is 0 Å². The minimum atomic E-state index is -0.172. The van der Waals surface area contributed by atoms with Crippen LogP contribution in [0.4, 0.5) is 5.69 Å². The minimum absolute atomic E-state index is 0.0347. The van der Waals surface area contributed by atoms with Crippen molar-refractivity contribution >= 4 is 17.5 Å². The highest BCUT2D eigenvalue weighted by atomic mass is 16.5. The quantitative estimate of drug-likeness (QED) is 0.758. The van der Waals surface area contributed by atoms with E-state index >= 15 is 0 Å². The van der Waals surface area contributed by atoms with Crippen LogP contribution in [-0.4, -0.2) is 49.5 Å². The molecule has 0 spiro atoms. The van der Waals surface area contributed by atoms with E-state index in [0.29, 0.717) is 24.1 Å². The largest absolute Gasteiger partial charge is 0.492 e. The maximum atomic E-state index is 12.1. The van der Waals surface area contributed by atoms with Gasteiger partial charge in [-0.05, 0) is 38.9 Å². The molecule has 0 heterocycles. The lowest BCUT2D eigenvalue weighted by molar-refractivity contribution is -0.123. The van der Waals surface area contributed by atoms with Crippen molar-refractivity contribution in [2.45, 2.75) is 25.8 Å². The molecule has 0 bridgehead atoms. The summed E-state index contributed by atoms with van der Waals surface area (Å²) in [4.78, 5) is 25.4. The van der Waals surface area contributed by atoms with Gasteiger partial charge in [-0.2, -0.15) is 0 Å². The van der Waals surface area contributed by atoms with Crippen LogP contribution < -0.4 is 15.4 Å². The SMILES string of the molecule is CCOc1ccccc1NC(=O)CN(C)CC(=O)NC1CC1. The zero-order chi connectivity index (χ0) is 15.9. The molecule has 1 aliphatic carbocycles. The van der Waals surface area contributed by atoms with Crippen molar-refractivity contribution in [1.82, 2.24) is 10.2 Å². The molecule has 6 nitrogen and oxygen atoms in total. The van der Waals surface area contributed by atoms with Crippen LogP contribution >= 0.6 is 0 Å². The number of nitrogens with zero attached hydrogens (tertiary/aromatic N) is 1. The lowest BCUT2D eigenvalue weighted by Gasteiger charge is -2.17. The monoisotopic (exact) mass is 305 g/mol. The molecule has 1 aliphatic rings. The van der Waals surface area contributed by atoms with Crippen molar-refractivity contribution in [3.05, 3.63) is 24.3 Å². The highest BCUT2D eigenvalue weighted by molar-refractivity contribution is 5.94. The van der Waals surface area contributed by atoms with E-state index in [4.69, 9.17) is 4.74 Å². The predicted octanol–water partition coefficient (Wildman–Crippen LogP) is 1.23. The molecule has 1 aromatic carbocycles. The Kier molecular flexibility index (Phi) is 5.77. The highest BCUT2D eigenvalue weighted by Crippen LogP contribution is 2.23. The maximum Gasteiger partial charge on any atom is 0.238 e. The third kappa shape index (κ3) is 5.37. The fourth-order valence-electron chi connectivity index (χ4n) is 2.09. The van der Waals surface area contributed by atoms with Gasteiger partial charge in [0.2, 0.25) is 11.8 Å². The molecule has 0 atom stereocenters. The first-order chi connectivity index (χ1) is 10.6. The van der Waals surface area contributed by atoms with Crippen LogP contribution in [0.2, 0.25) is 0 Å². The van der Waals surface area contributed by atoms with Gasteiger partial charge >= 0.3 is 0 Å². The van der Waals surface area contributed by atoms with Gasteiger partial charge < -0.3 is 15.4 Å². The molecular weight excluding hydrogens is 282 g/mol. The second-order valence-electron chi connectivity index (χ2n) is 5.49. The first-order valence-corrected chi connectivity index (χ1v) is 7.58. The average molecular weight is 305 g/mol. The van der Waals surface area contributed by atoms with Gasteiger partial charge in [0.25, 0.3) is 0 Å². The molecule has 2 amide bonds. The minimum Gasteiger partial charge on any atom is -0.492 e. The van der Waals surface area contributed by atoms with E-state index in [0.717, 1.165) is 12.8 Å². The number of ether oxygens (including phenoxy) is 1. The molecule has 0 aliphatic heterocycles. The molecule has 1 fully saturated rings. The lowest BCUT2D eigenvalue weighted by atomic mass is 10.3. The lowest BCUT2D eigenvalue weighted by Crippen LogP contribution is -2.39. The number of hydrogen-bond donors (Lipinski definition) is 2. The van der Waals surface area contributed by atoms with Crippen LogP contribution in [0.15, 0.2) is 24.3 Å². The number of anilines is 1. The van der Waals surface area contributed by atoms with E-state index in [1.165, 1.54) is 0 Å². The van der Waals surface area contributed by atoms with E-state index in [2.05, 4.69) is 10.6 Å². The summed E-state index contributed by atoms with van der Waals surface area (Å²) >= 11 is 0. The second-order valence-corrected chi connectivity index (χ2v) is 5.49. The Labute approximate surface area is 130 Å². The van der Waals surface area contributed by atoms with Gasteiger partial charge in [0, 0.05) is 6.04 Å². The van der Waals surface area contributed by atoms with Gasteiger partial charge in [0.15, 0.2) is 0 Å².